The average molecular weight is 352 g/mol. The monoisotopic (exact) mass is 351 g/mol. The number of benzene rings is 2. The van der Waals surface area contributed by atoms with Crippen LogP contribution in [0.3, 0.4) is 0 Å². The zero-order chi connectivity index (χ0) is 19.3. The number of hydrogen-bond donors (Lipinski definition) is 0. The molecule has 0 atom stereocenters. The van der Waals surface area contributed by atoms with Gasteiger partial charge in [0.2, 0.25) is 0 Å². The normalized spacial score (nSPS) is 11.5. The highest BCUT2D eigenvalue weighted by Gasteiger charge is 2.23. The number of allylic oxidation sites excluding steroid dienone is 1. The summed E-state index contributed by atoms with van der Waals surface area (Å²) in [5.41, 5.74) is 5.03. The van der Waals surface area contributed by atoms with E-state index in [-0.39, 0.29) is 5.41 Å². The molecule has 0 spiro atoms. The van der Waals surface area contributed by atoms with Gasteiger partial charge in [0.1, 0.15) is 5.75 Å². The molecule has 2 aromatic carbocycles. The van der Waals surface area contributed by atoms with Gasteiger partial charge in [-0.2, -0.15) is 0 Å². The Morgan fingerprint density at radius 2 is 1.62 bits per heavy atom. The Bertz CT molecular complexity index is 711. The maximum Gasteiger partial charge on any atom is 0.118 e. The van der Waals surface area contributed by atoms with Gasteiger partial charge in [-0.3, -0.25) is 0 Å². The van der Waals surface area contributed by atoms with Gasteiger partial charge in [-0.25, -0.2) is 0 Å². The SMILES string of the molecule is C=C(c1ccc(OC)cc1)C(C)(C)CCN(C)c1ccc(C(C)C)cc1. The summed E-state index contributed by atoms with van der Waals surface area (Å²) in [6.45, 7) is 14.4. The molecule has 2 heteroatoms. The maximum atomic E-state index is 5.25. The lowest BCUT2D eigenvalue weighted by Crippen LogP contribution is -2.25. The van der Waals surface area contributed by atoms with Gasteiger partial charge >= 0.3 is 0 Å². The van der Waals surface area contributed by atoms with E-state index in [1.54, 1.807) is 7.11 Å². The second kappa shape index (κ2) is 8.44. The lowest BCUT2D eigenvalue weighted by molar-refractivity contribution is 0.414. The lowest BCUT2D eigenvalue weighted by Gasteiger charge is -2.31. The summed E-state index contributed by atoms with van der Waals surface area (Å²) in [7, 11) is 3.86. The number of ether oxygens (including phenoxy) is 1. The molecule has 0 saturated carbocycles. The first-order valence-corrected chi connectivity index (χ1v) is 9.39. The van der Waals surface area contributed by atoms with Crippen LogP contribution in [0.25, 0.3) is 5.57 Å². The number of anilines is 1. The van der Waals surface area contributed by atoms with Crippen molar-refractivity contribution >= 4 is 11.3 Å². The highest BCUT2D eigenvalue weighted by molar-refractivity contribution is 5.68. The molecule has 2 rings (SSSR count). The zero-order valence-electron chi connectivity index (χ0n) is 17.2. The first kappa shape index (κ1) is 20.1. The van der Waals surface area contributed by atoms with Crippen LogP contribution < -0.4 is 9.64 Å². The van der Waals surface area contributed by atoms with Gasteiger partial charge in [0, 0.05) is 19.3 Å². The Hall–Kier alpha value is -2.22. The van der Waals surface area contributed by atoms with Gasteiger partial charge in [-0.15, -0.1) is 0 Å². The van der Waals surface area contributed by atoms with E-state index < -0.39 is 0 Å². The molecule has 0 saturated heterocycles. The van der Waals surface area contributed by atoms with Crippen molar-refractivity contribution in [2.45, 2.75) is 40.0 Å². The van der Waals surface area contributed by atoms with Crippen LogP contribution in [0.1, 0.15) is 51.2 Å². The standard InChI is InChI=1S/C24H33NO/c1-18(2)20-8-12-22(13-9-20)25(6)17-16-24(4,5)19(3)21-10-14-23(26-7)15-11-21/h8-15,18H,3,16-17H2,1-2,4-7H3. The third kappa shape index (κ3) is 4.91. The summed E-state index contributed by atoms with van der Waals surface area (Å²) in [5.74, 6) is 1.45. The molecule has 0 unspecified atom stereocenters. The van der Waals surface area contributed by atoms with Crippen LogP contribution in [0.15, 0.2) is 55.1 Å². The van der Waals surface area contributed by atoms with Gasteiger partial charge in [0.05, 0.1) is 7.11 Å². The number of nitrogens with zero attached hydrogens (tertiary/aromatic N) is 1. The summed E-state index contributed by atoms with van der Waals surface area (Å²) < 4.78 is 5.25. The highest BCUT2D eigenvalue weighted by atomic mass is 16.5. The second-order valence-electron chi connectivity index (χ2n) is 8.01. The topological polar surface area (TPSA) is 12.5 Å². The molecule has 0 aromatic heterocycles. The average Bonchev–Trinajstić information content (AvgIpc) is 2.65. The Labute approximate surface area is 159 Å². The molecule has 0 aliphatic rings. The summed E-state index contributed by atoms with van der Waals surface area (Å²) >= 11 is 0. The summed E-state index contributed by atoms with van der Waals surface area (Å²) in [5, 5.41) is 0. The van der Waals surface area contributed by atoms with Crippen LogP contribution in [0, 0.1) is 5.41 Å². The molecular weight excluding hydrogens is 318 g/mol. The minimum Gasteiger partial charge on any atom is -0.497 e. The molecule has 0 aliphatic carbocycles. The van der Waals surface area contributed by atoms with E-state index in [0.29, 0.717) is 5.92 Å². The molecule has 0 heterocycles. The second-order valence-corrected chi connectivity index (χ2v) is 8.01. The fourth-order valence-electron chi connectivity index (χ4n) is 3.02. The van der Waals surface area contributed by atoms with Gasteiger partial charge in [-0.1, -0.05) is 58.5 Å². The van der Waals surface area contributed by atoms with Crippen molar-refractivity contribution in [3.05, 3.63) is 66.2 Å². The summed E-state index contributed by atoms with van der Waals surface area (Å²) in [6.07, 6.45) is 1.04. The molecule has 140 valence electrons. The van der Waals surface area contributed by atoms with Crippen molar-refractivity contribution in [2.24, 2.45) is 5.41 Å². The fraction of sp³-hybridized carbons (Fsp3) is 0.417. The first-order chi connectivity index (χ1) is 12.2. The number of hydrogen-bond acceptors (Lipinski definition) is 2. The molecule has 0 bridgehead atoms. The molecular formula is C24H33NO. The van der Waals surface area contributed by atoms with E-state index in [9.17, 15) is 0 Å². The predicted molar refractivity (Wildman–Crippen MR) is 114 cm³/mol. The van der Waals surface area contributed by atoms with Crippen LogP contribution in [-0.4, -0.2) is 20.7 Å². The quantitative estimate of drug-likeness (QED) is 0.547. The largest absolute Gasteiger partial charge is 0.497 e. The van der Waals surface area contributed by atoms with Crippen molar-refractivity contribution in [3.8, 4) is 5.75 Å². The van der Waals surface area contributed by atoms with Gasteiger partial charge in [0.25, 0.3) is 0 Å². The van der Waals surface area contributed by atoms with Crippen molar-refractivity contribution in [3.63, 3.8) is 0 Å². The Balaban J connectivity index is 2.00. The van der Waals surface area contributed by atoms with E-state index in [2.05, 4.69) is 82.6 Å². The van der Waals surface area contributed by atoms with Crippen LogP contribution in [0.5, 0.6) is 5.75 Å². The van der Waals surface area contributed by atoms with Crippen molar-refractivity contribution in [2.75, 3.05) is 25.6 Å². The molecule has 0 fully saturated rings. The predicted octanol–water partition coefficient (Wildman–Crippen LogP) is 6.38. The Kier molecular flexibility index (Phi) is 6.52. The third-order valence-corrected chi connectivity index (χ3v) is 5.33. The molecule has 0 amide bonds. The molecule has 2 nitrogen and oxygen atoms in total. The zero-order valence-corrected chi connectivity index (χ0v) is 17.2. The maximum absolute atomic E-state index is 5.25. The minimum absolute atomic E-state index is 0.0285. The summed E-state index contributed by atoms with van der Waals surface area (Å²) in [6, 6.07) is 17.1. The Morgan fingerprint density at radius 3 is 2.12 bits per heavy atom. The highest BCUT2D eigenvalue weighted by Crippen LogP contribution is 2.37. The molecule has 26 heavy (non-hydrogen) atoms. The van der Waals surface area contributed by atoms with Crippen LogP contribution in [0.2, 0.25) is 0 Å². The smallest absolute Gasteiger partial charge is 0.118 e. The molecule has 0 N–H and O–H groups in total. The van der Waals surface area contributed by atoms with Crippen LogP contribution >= 0.6 is 0 Å². The van der Waals surface area contributed by atoms with Crippen molar-refractivity contribution in [1.29, 1.82) is 0 Å². The van der Waals surface area contributed by atoms with Crippen LogP contribution in [0.4, 0.5) is 5.69 Å². The van der Waals surface area contributed by atoms with E-state index in [1.165, 1.54) is 22.4 Å². The number of rotatable bonds is 8. The van der Waals surface area contributed by atoms with E-state index in [0.717, 1.165) is 18.7 Å². The van der Waals surface area contributed by atoms with Gasteiger partial charge in [-0.05, 0) is 58.7 Å². The fourth-order valence-corrected chi connectivity index (χ4v) is 3.02. The Morgan fingerprint density at radius 1 is 1.04 bits per heavy atom. The van der Waals surface area contributed by atoms with Crippen molar-refractivity contribution < 1.29 is 4.74 Å². The summed E-state index contributed by atoms with van der Waals surface area (Å²) in [4.78, 5) is 2.33. The van der Waals surface area contributed by atoms with E-state index >= 15 is 0 Å². The van der Waals surface area contributed by atoms with E-state index in [1.807, 2.05) is 12.1 Å². The lowest BCUT2D eigenvalue weighted by atomic mass is 9.78. The van der Waals surface area contributed by atoms with E-state index in [4.69, 9.17) is 4.74 Å². The molecule has 0 aliphatic heterocycles. The van der Waals surface area contributed by atoms with Gasteiger partial charge in [0.15, 0.2) is 0 Å². The molecule has 2 aromatic rings. The van der Waals surface area contributed by atoms with Crippen molar-refractivity contribution in [1.82, 2.24) is 0 Å². The number of methoxy groups -OCH3 is 1. The first-order valence-electron chi connectivity index (χ1n) is 9.39. The van der Waals surface area contributed by atoms with Gasteiger partial charge < -0.3 is 9.64 Å². The minimum atomic E-state index is 0.0285. The third-order valence-electron chi connectivity index (χ3n) is 5.33. The van der Waals surface area contributed by atoms with Crippen LogP contribution in [-0.2, 0) is 0 Å². The molecule has 0 radical (unpaired) electrons.